The van der Waals surface area contributed by atoms with E-state index in [1.54, 1.807) is 0 Å². The van der Waals surface area contributed by atoms with Crippen LogP contribution in [0.4, 0.5) is 0 Å². The molecular formula is C15H31N2OP. The highest BCUT2D eigenvalue weighted by Crippen LogP contribution is 2.57. The van der Waals surface area contributed by atoms with Gasteiger partial charge in [0.05, 0.1) is 6.10 Å². The third-order valence-electron chi connectivity index (χ3n) is 3.25. The SMILES string of the molecule is CCC(CC)OP1N(C(C)(C)C)C=CN1C(C)(C)C. The zero-order valence-electron chi connectivity index (χ0n) is 13.9. The van der Waals surface area contributed by atoms with Crippen molar-refractivity contribution in [1.29, 1.82) is 0 Å². The van der Waals surface area contributed by atoms with Gasteiger partial charge in [-0.25, -0.2) is 0 Å². The average Bonchev–Trinajstić information content (AvgIpc) is 2.68. The molecular weight excluding hydrogens is 255 g/mol. The second-order valence-electron chi connectivity index (χ2n) is 7.13. The van der Waals surface area contributed by atoms with E-state index in [4.69, 9.17) is 4.52 Å². The fraction of sp³-hybridized carbons (Fsp3) is 0.867. The molecule has 1 aliphatic heterocycles. The van der Waals surface area contributed by atoms with Crippen molar-refractivity contribution < 1.29 is 4.52 Å². The van der Waals surface area contributed by atoms with Crippen molar-refractivity contribution in [2.24, 2.45) is 0 Å². The minimum atomic E-state index is -0.744. The van der Waals surface area contributed by atoms with Crippen LogP contribution in [-0.4, -0.2) is 26.5 Å². The highest BCUT2D eigenvalue weighted by Gasteiger charge is 2.41. The maximum absolute atomic E-state index is 6.44. The highest BCUT2D eigenvalue weighted by atomic mass is 31.2. The molecule has 0 aromatic heterocycles. The molecule has 0 saturated heterocycles. The molecule has 0 aliphatic carbocycles. The molecule has 0 aromatic rings. The van der Waals surface area contributed by atoms with Gasteiger partial charge in [-0.2, -0.15) is 0 Å². The molecule has 0 unspecified atom stereocenters. The van der Waals surface area contributed by atoms with Gasteiger partial charge in [-0.15, -0.1) is 0 Å². The fourth-order valence-corrected chi connectivity index (χ4v) is 4.33. The van der Waals surface area contributed by atoms with Crippen LogP contribution in [0.1, 0.15) is 68.2 Å². The molecule has 0 amide bonds. The van der Waals surface area contributed by atoms with Crippen molar-refractivity contribution in [1.82, 2.24) is 9.34 Å². The quantitative estimate of drug-likeness (QED) is 0.668. The van der Waals surface area contributed by atoms with E-state index in [9.17, 15) is 0 Å². The highest BCUT2D eigenvalue weighted by molar-refractivity contribution is 7.48. The van der Waals surface area contributed by atoms with Crippen molar-refractivity contribution in [3.8, 4) is 0 Å². The predicted molar refractivity (Wildman–Crippen MR) is 84.7 cm³/mol. The van der Waals surface area contributed by atoms with E-state index in [0.717, 1.165) is 12.8 Å². The molecule has 0 saturated carbocycles. The van der Waals surface area contributed by atoms with E-state index in [2.05, 4.69) is 77.1 Å². The number of rotatable bonds is 4. The van der Waals surface area contributed by atoms with Gasteiger partial charge in [-0.1, -0.05) is 13.8 Å². The maximum atomic E-state index is 6.44. The summed E-state index contributed by atoms with van der Waals surface area (Å²) in [5, 5.41) is 0. The Morgan fingerprint density at radius 2 is 1.26 bits per heavy atom. The van der Waals surface area contributed by atoms with Gasteiger partial charge in [-0.3, -0.25) is 0 Å². The van der Waals surface area contributed by atoms with Gasteiger partial charge in [0, 0.05) is 23.5 Å². The van der Waals surface area contributed by atoms with Gasteiger partial charge in [0.1, 0.15) is 0 Å². The smallest absolute Gasteiger partial charge is 0.248 e. The first-order valence-electron chi connectivity index (χ1n) is 7.35. The van der Waals surface area contributed by atoms with Gasteiger partial charge in [-0.05, 0) is 54.4 Å². The van der Waals surface area contributed by atoms with Crippen molar-refractivity contribution in [3.05, 3.63) is 12.4 Å². The van der Waals surface area contributed by atoms with E-state index in [-0.39, 0.29) is 11.1 Å². The first-order chi connectivity index (χ1) is 8.61. The van der Waals surface area contributed by atoms with Gasteiger partial charge in [0.25, 0.3) is 0 Å². The summed E-state index contributed by atoms with van der Waals surface area (Å²) in [6.07, 6.45) is 6.88. The lowest BCUT2D eigenvalue weighted by Gasteiger charge is -2.44. The van der Waals surface area contributed by atoms with E-state index in [1.165, 1.54) is 0 Å². The van der Waals surface area contributed by atoms with Crippen LogP contribution in [0.5, 0.6) is 0 Å². The average molecular weight is 286 g/mol. The summed E-state index contributed by atoms with van der Waals surface area (Å²) in [4.78, 5) is 0. The molecule has 0 fully saturated rings. The lowest BCUT2D eigenvalue weighted by Crippen LogP contribution is -2.39. The summed E-state index contributed by atoms with van der Waals surface area (Å²) < 4.78 is 11.2. The molecule has 0 aromatic carbocycles. The first-order valence-corrected chi connectivity index (χ1v) is 8.51. The molecule has 0 N–H and O–H groups in total. The van der Waals surface area contributed by atoms with Crippen LogP contribution in [0.25, 0.3) is 0 Å². The summed E-state index contributed by atoms with van der Waals surface area (Å²) in [5.41, 5.74) is 0.183. The topological polar surface area (TPSA) is 15.7 Å². The molecule has 1 rings (SSSR count). The van der Waals surface area contributed by atoms with Crippen molar-refractivity contribution in [2.45, 2.75) is 85.4 Å². The monoisotopic (exact) mass is 286 g/mol. The lowest BCUT2D eigenvalue weighted by atomic mass is 10.1. The van der Waals surface area contributed by atoms with E-state index < -0.39 is 8.45 Å². The van der Waals surface area contributed by atoms with Gasteiger partial charge < -0.3 is 13.9 Å². The molecule has 0 bridgehead atoms. The van der Waals surface area contributed by atoms with Crippen LogP contribution >= 0.6 is 8.45 Å². The van der Waals surface area contributed by atoms with E-state index in [0.29, 0.717) is 6.10 Å². The second kappa shape index (κ2) is 6.01. The van der Waals surface area contributed by atoms with Crippen LogP contribution in [0.3, 0.4) is 0 Å². The van der Waals surface area contributed by atoms with Crippen LogP contribution in [-0.2, 0) is 4.52 Å². The van der Waals surface area contributed by atoms with Crippen LogP contribution in [0.2, 0.25) is 0 Å². The minimum absolute atomic E-state index is 0.0915. The normalized spacial score (nSPS) is 17.9. The molecule has 0 radical (unpaired) electrons. The Morgan fingerprint density at radius 3 is 1.53 bits per heavy atom. The zero-order chi connectivity index (χ0) is 14.8. The summed E-state index contributed by atoms with van der Waals surface area (Å²) in [7, 11) is -0.744. The minimum Gasteiger partial charge on any atom is -0.319 e. The van der Waals surface area contributed by atoms with Gasteiger partial charge in [0.15, 0.2) is 0 Å². The molecule has 1 heterocycles. The molecule has 0 atom stereocenters. The lowest BCUT2D eigenvalue weighted by molar-refractivity contribution is 0.162. The number of hydrogen-bond acceptors (Lipinski definition) is 3. The molecule has 1 aliphatic rings. The first kappa shape index (κ1) is 16.8. The third kappa shape index (κ3) is 4.10. The molecule has 19 heavy (non-hydrogen) atoms. The molecule has 4 heteroatoms. The molecule has 3 nitrogen and oxygen atoms in total. The molecule has 112 valence electrons. The fourth-order valence-electron chi connectivity index (χ4n) is 1.98. The second-order valence-corrected chi connectivity index (χ2v) is 8.70. The summed E-state index contributed by atoms with van der Waals surface area (Å²) in [5.74, 6) is 0. The van der Waals surface area contributed by atoms with Crippen molar-refractivity contribution in [3.63, 3.8) is 0 Å². The Labute approximate surface area is 120 Å². The summed E-state index contributed by atoms with van der Waals surface area (Å²) >= 11 is 0. The van der Waals surface area contributed by atoms with Crippen molar-refractivity contribution >= 4 is 8.45 Å². The van der Waals surface area contributed by atoms with Crippen LogP contribution in [0, 0.1) is 0 Å². The van der Waals surface area contributed by atoms with Crippen LogP contribution in [0.15, 0.2) is 12.4 Å². The number of hydrogen-bond donors (Lipinski definition) is 0. The Kier molecular flexibility index (Phi) is 5.31. The largest absolute Gasteiger partial charge is 0.319 e. The van der Waals surface area contributed by atoms with E-state index in [1.807, 2.05) is 0 Å². The summed E-state index contributed by atoms with van der Waals surface area (Å²) in [6, 6.07) is 0. The standard InChI is InChI=1S/C15H31N2OP/c1-9-13(10-2)18-19-16(14(3,4)5)11-12-17(19)15(6,7)8/h11-13H,9-10H2,1-8H3. The van der Waals surface area contributed by atoms with Gasteiger partial charge >= 0.3 is 0 Å². The van der Waals surface area contributed by atoms with E-state index >= 15 is 0 Å². The van der Waals surface area contributed by atoms with Crippen LogP contribution < -0.4 is 0 Å². The van der Waals surface area contributed by atoms with Crippen molar-refractivity contribution in [2.75, 3.05) is 0 Å². The molecule has 0 spiro atoms. The Hall–Kier alpha value is -0.270. The Bertz CT molecular complexity index is 289. The zero-order valence-corrected chi connectivity index (χ0v) is 14.8. The Morgan fingerprint density at radius 1 is 0.895 bits per heavy atom. The summed E-state index contributed by atoms with van der Waals surface area (Å²) in [6.45, 7) is 17.9. The Balaban J connectivity index is 2.94. The van der Waals surface area contributed by atoms with Gasteiger partial charge in [0.2, 0.25) is 8.45 Å². The maximum Gasteiger partial charge on any atom is 0.248 e. The predicted octanol–water partition coefficient (Wildman–Crippen LogP) is 5.10. The number of nitrogens with zero attached hydrogens (tertiary/aromatic N) is 2. The third-order valence-corrected chi connectivity index (χ3v) is 5.94.